The van der Waals surface area contributed by atoms with Gasteiger partial charge in [-0.2, -0.15) is 0 Å². The molecule has 0 saturated carbocycles. The molecular formula is C12H16N2O3. The van der Waals surface area contributed by atoms with E-state index in [0.29, 0.717) is 6.54 Å². The van der Waals surface area contributed by atoms with Crippen LogP contribution in [0.3, 0.4) is 0 Å². The Balaban J connectivity index is 2.47. The van der Waals surface area contributed by atoms with Crippen LogP contribution in [-0.2, 0) is 11.3 Å². The van der Waals surface area contributed by atoms with Crippen molar-refractivity contribution in [2.24, 2.45) is 0 Å². The van der Waals surface area contributed by atoms with E-state index in [1.165, 1.54) is 7.05 Å². The van der Waals surface area contributed by atoms with Crippen LogP contribution >= 0.6 is 0 Å². The predicted octanol–water partition coefficient (Wildman–Crippen LogP) is 1.30. The van der Waals surface area contributed by atoms with Gasteiger partial charge in [0, 0.05) is 13.6 Å². The summed E-state index contributed by atoms with van der Waals surface area (Å²) < 4.78 is 0. The molecule has 0 aromatic heterocycles. The molecule has 1 rings (SSSR count). The highest BCUT2D eigenvalue weighted by atomic mass is 16.4. The number of rotatable bonds is 4. The van der Waals surface area contributed by atoms with Crippen molar-refractivity contribution in [3.63, 3.8) is 0 Å². The number of benzene rings is 1. The molecule has 1 aromatic carbocycles. The van der Waals surface area contributed by atoms with Crippen molar-refractivity contribution in [2.45, 2.75) is 19.5 Å². The molecule has 1 atom stereocenters. The third-order valence-electron chi connectivity index (χ3n) is 2.57. The maximum atomic E-state index is 11.6. The van der Waals surface area contributed by atoms with Gasteiger partial charge in [0.25, 0.3) is 0 Å². The van der Waals surface area contributed by atoms with Crippen LogP contribution in [0.1, 0.15) is 12.5 Å². The first-order valence-corrected chi connectivity index (χ1v) is 5.29. The lowest BCUT2D eigenvalue weighted by Gasteiger charge is -2.20. The van der Waals surface area contributed by atoms with Gasteiger partial charge >= 0.3 is 6.09 Å². The molecule has 0 aliphatic carbocycles. The van der Waals surface area contributed by atoms with E-state index in [9.17, 15) is 9.59 Å². The minimum absolute atomic E-state index is 0.307. The molecule has 0 bridgehead atoms. The van der Waals surface area contributed by atoms with Gasteiger partial charge in [0.2, 0.25) is 5.91 Å². The molecule has 2 N–H and O–H groups in total. The second kappa shape index (κ2) is 5.89. The summed E-state index contributed by atoms with van der Waals surface area (Å²) in [6.45, 7) is 1.95. The van der Waals surface area contributed by atoms with Crippen LogP contribution in [0.5, 0.6) is 0 Å². The normalized spacial score (nSPS) is 11.6. The molecular weight excluding hydrogens is 220 g/mol. The molecule has 92 valence electrons. The Morgan fingerprint density at radius 2 is 1.94 bits per heavy atom. The molecule has 2 amide bonds. The Labute approximate surface area is 100 Å². The van der Waals surface area contributed by atoms with Crippen molar-refractivity contribution in [1.29, 1.82) is 0 Å². The van der Waals surface area contributed by atoms with Crippen LogP contribution < -0.4 is 5.32 Å². The molecule has 0 fully saturated rings. The second-order valence-corrected chi connectivity index (χ2v) is 3.77. The van der Waals surface area contributed by atoms with Crippen molar-refractivity contribution in [2.75, 3.05) is 7.05 Å². The molecule has 0 aliphatic heterocycles. The zero-order valence-corrected chi connectivity index (χ0v) is 9.88. The Kier molecular flexibility index (Phi) is 4.51. The van der Waals surface area contributed by atoms with Crippen molar-refractivity contribution in [1.82, 2.24) is 10.2 Å². The van der Waals surface area contributed by atoms with Gasteiger partial charge in [0.1, 0.15) is 6.04 Å². The fraction of sp³-hybridized carbons (Fsp3) is 0.333. The number of carbonyl (C=O) groups is 2. The minimum Gasteiger partial charge on any atom is -0.465 e. The first-order valence-electron chi connectivity index (χ1n) is 5.29. The Morgan fingerprint density at radius 3 is 2.47 bits per heavy atom. The van der Waals surface area contributed by atoms with Gasteiger partial charge in [-0.15, -0.1) is 0 Å². The smallest absolute Gasteiger partial charge is 0.407 e. The maximum Gasteiger partial charge on any atom is 0.407 e. The second-order valence-electron chi connectivity index (χ2n) is 3.77. The van der Waals surface area contributed by atoms with E-state index in [0.717, 1.165) is 10.5 Å². The largest absolute Gasteiger partial charge is 0.465 e. The van der Waals surface area contributed by atoms with Crippen LogP contribution in [0.25, 0.3) is 0 Å². The number of likely N-dealkylation sites (N-methyl/N-ethyl adjacent to an activating group) is 1. The van der Waals surface area contributed by atoms with Crippen LogP contribution in [0, 0.1) is 0 Å². The first-order chi connectivity index (χ1) is 8.02. The van der Waals surface area contributed by atoms with E-state index in [-0.39, 0.29) is 5.91 Å². The third-order valence-corrected chi connectivity index (χ3v) is 2.57. The molecule has 5 nitrogen and oxygen atoms in total. The maximum absolute atomic E-state index is 11.6. The Morgan fingerprint density at radius 1 is 1.35 bits per heavy atom. The van der Waals surface area contributed by atoms with Crippen molar-refractivity contribution >= 4 is 12.0 Å². The van der Waals surface area contributed by atoms with Crippen LogP contribution in [0.2, 0.25) is 0 Å². The summed E-state index contributed by atoms with van der Waals surface area (Å²) in [5, 5.41) is 11.4. The average molecular weight is 236 g/mol. The van der Waals surface area contributed by atoms with Crippen molar-refractivity contribution < 1.29 is 14.7 Å². The zero-order chi connectivity index (χ0) is 12.8. The SMILES string of the molecule is CC(C(=O)NCc1ccccc1)N(C)C(=O)O. The van der Waals surface area contributed by atoms with E-state index in [2.05, 4.69) is 5.32 Å². The first kappa shape index (κ1) is 13.0. The highest BCUT2D eigenvalue weighted by Crippen LogP contribution is 2.00. The van der Waals surface area contributed by atoms with Gasteiger partial charge in [-0.1, -0.05) is 30.3 Å². The lowest BCUT2D eigenvalue weighted by atomic mass is 10.2. The van der Waals surface area contributed by atoms with Gasteiger partial charge in [0.05, 0.1) is 0 Å². The monoisotopic (exact) mass is 236 g/mol. The zero-order valence-electron chi connectivity index (χ0n) is 9.88. The summed E-state index contributed by atoms with van der Waals surface area (Å²) in [6.07, 6.45) is -1.12. The van der Waals surface area contributed by atoms with Crippen LogP contribution in [-0.4, -0.2) is 35.1 Å². The number of hydrogen-bond acceptors (Lipinski definition) is 2. The predicted molar refractivity (Wildman–Crippen MR) is 63.5 cm³/mol. The fourth-order valence-electron chi connectivity index (χ4n) is 1.27. The number of amides is 2. The Hall–Kier alpha value is -2.04. The van der Waals surface area contributed by atoms with Gasteiger partial charge in [-0.05, 0) is 12.5 Å². The van der Waals surface area contributed by atoms with Gasteiger partial charge < -0.3 is 10.4 Å². The molecule has 0 spiro atoms. The van der Waals surface area contributed by atoms with E-state index < -0.39 is 12.1 Å². The summed E-state index contributed by atoms with van der Waals surface area (Å²) in [5.74, 6) is -0.307. The van der Waals surface area contributed by atoms with Crippen molar-refractivity contribution in [3.05, 3.63) is 35.9 Å². The van der Waals surface area contributed by atoms with Crippen LogP contribution in [0.4, 0.5) is 4.79 Å². The number of hydrogen-bond donors (Lipinski definition) is 2. The molecule has 1 aromatic rings. The summed E-state index contributed by atoms with van der Waals surface area (Å²) in [6, 6.07) is 8.75. The van der Waals surface area contributed by atoms with E-state index >= 15 is 0 Å². The molecule has 0 saturated heterocycles. The number of carboxylic acid groups (broad SMARTS) is 1. The summed E-state index contributed by atoms with van der Waals surface area (Å²) >= 11 is 0. The molecule has 0 heterocycles. The molecule has 0 aliphatic rings. The highest BCUT2D eigenvalue weighted by molar-refractivity contribution is 5.84. The quantitative estimate of drug-likeness (QED) is 0.827. The molecule has 0 radical (unpaired) electrons. The van der Waals surface area contributed by atoms with Gasteiger partial charge in [-0.25, -0.2) is 4.79 Å². The lowest BCUT2D eigenvalue weighted by molar-refractivity contribution is -0.125. The van der Waals surface area contributed by atoms with Gasteiger partial charge in [0.15, 0.2) is 0 Å². The summed E-state index contributed by atoms with van der Waals surface area (Å²) in [5.41, 5.74) is 0.978. The van der Waals surface area contributed by atoms with Crippen LogP contribution in [0.15, 0.2) is 30.3 Å². The number of nitrogens with zero attached hydrogens (tertiary/aromatic N) is 1. The minimum atomic E-state index is -1.12. The lowest BCUT2D eigenvalue weighted by Crippen LogP contribution is -2.45. The van der Waals surface area contributed by atoms with E-state index in [4.69, 9.17) is 5.11 Å². The van der Waals surface area contributed by atoms with Crippen molar-refractivity contribution in [3.8, 4) is 0 Å². The third kappa shape index (κ3) is 3.79. The molecule has 5 heteroatoms. The average Bonchev–Trinajstić information content (AvgIpc) is 2.35. The number of carbonyl (C=O) groups excluding carboxylic acids is 1. The molecule has 1 unspecified atom stereocenters. The highest BCUT2D eigenvalue weighted by Gasteiger charge is 2.21. The standard InChI is InChI=1S/C12H16N2O3/c1-9(14(2)12(16)17)11(15)13-8-10-6-4-3-5-7-10/h3-7,9H,8H2,1-2H3,(H,13,15)(H,16,17). The summed E-state index contributed by atoms with van der Waals surface area (Å²) in [7, 11) is 1.37. The van der Waals surface area contributed by atoms with E-state index in [1.54, 1.807) is 6.92 Å². The van der Waals surface area contributed by atoms with Gasteiger partial charge in [-0.3, -0.25) is 9.69 Å². The Bertz CT molecular complexity index is 392. The fourth-order valence-corrected chi connectivity index (χ4v) is 1.27. The van der Waals surface area contributed by atoms with E-state index in [1.807, 2.05) is 30.3 Å². The topological polar surface area (TPSA) is 69.6 Å². The number of nitrogens with one attached hydrogen (secondary N) is 1. The summed E-state index contributed by atoms with van der Waals surface area (Å²) in [4.78, 5) is 23.3. The molecule has 17 heavy (non-hydrogen) atoms.